The number of hydrogen-bond acceptors (Lipinski definition) is 6. The minimum Gasteiger partial charge on any atom is -0.461 e. The van der Waals surface area contributed by atoms with Gasteiger partial charge < -0.3 is 15.0 Å². The molecule has 0 bridgehead atoms. The van der Waals surface area contributed by atoms with Crippen LogP contribution in [0.4, 0.5) is 10.5 Å². The molecule has 0 spiro atoms. The third-order valence-corrected chi connectivity index (χ3v) is 6.54. The first-order valence-corrected chi connectivity index (χ1v) is 12.0. The maximum atomic E-state index is 13.1. The van der Waals surface area contributed by atoms with E-state index in [1.165, 1.54) is 17.8 Å². The number of aromatic nitrogens is 1. The Morgan fingerprint density at radius 2 is 1.97 bits per heavy atom. The van der Waals surface area contributed by atoms with Gasteiger partial charge in [-0.15, -0.1) is 23.1 Å². The Hall–Kier alpha value is -2.06. The zero-order valence-electron chi connectivity index (χ0n) is 16.8. The van der Waals surface area contributed by atoms with Crippen LogP contribution in [0.3, 0.4) is 0 Å². The summed E-state index contributed by atoms with van der Waals surface area (Å²) in [6.07, 6.45) is 7.48. The highest BCUT2D eigenvalue weighted by Crippen LogP contribution is 2.26. The van der Waals surface area contributed by atoms with Gasteiger partial charge in [-0.2, -0.15) is 0 Å². The summed E-state index contributed by atoms with van der Waals surface area (Å²) in [6.45, 7) is 2.48. The molecule has 3 rings (SSSR count). The second-order valence-corrected chi connectivity index (χ2v) is 8.75. The summed E-state index contributed by atoms with van der Waals surface area (Å²) < 4.78 is 5.02. The van der Waals surface area contributed by atoms with Gasteiger partial charge in [0.25, 0.3) is 0 Å². The quantitative estimate of drug-likeness (QED) is 0.467. The lowest BCUT2D eigenvalue weighted by atomic mass is 9.94. The lowest BCUT2D eigenvalue weighted by Crippen LogP contribution is -2.43. The first kappa shape index (κ1) is 21.6. The molecule has 1 aliphatic rings. The average molecular weight is 434 g/mol. The highest BCUT2D eigenvalue weighted by atomic mass is 32.2. The van der Waals surface area contributed by atoms with Gasteiger partial charge in [0.15, 0.2) is 5.69 Å². The van der Waals surface area contributed by atoms with E-state index in [1.54, 1.807) is 24.1 Å². The van der Waals surface area contributed by atoms with Gasteiger partial charge >= 0.3 is 12.0 Å². The SMILES string of the molecule is CCOC(=O)c1csc(CN(C(=O)Nc2ccc(SC)cc2)C2CCCCC2)n1. The van der Waals surface area contributed by atoms with Crippen molar-refractivity contribution in [2.45, 2.75) is 56.5 Å². The normalized spacial score (nSPS) is 14.4. The van der Waals surface area contributed by atoms with E-state index in [2.05, 4.69) is 10.3 Å². The fourth-order valence-electron chi connectivity index (χ4n) is 3.46. The molecule has 2 amide bonds. The summed E-state index contributed by atoms with van der Waals surface area (Å²) in [7, 11) is 0. The topological polar surface area (TPSA) is 71.5 Å². The molecule has 1 aromatic carbocycles. The van der Waals surface area contributed by atoms with Crippen LogP contribution in [0.5, 0.6) is 0 Å². The number of nitrogens with zero attached hydrogens (tertiary/aromatic N) is 2. The Labute approximate surface area is 180 Å². The zero-order chi connectivity index (χ0) is 20.6. The Balaban J connectivity index is 1.73. The number of ether oxygens (including phenoxy) is 1. The molecule has 0 saturated heterocycles. The summed E-state index contributed by atoms with van der Waals surface area (Å²) in [5.41, 5.74) is 1.09. The molecule has 1 N–H and O–H groups in total. The summed E-state index contributed by atoms with van der Waals surface area (Å²) in [5, 5.41) is 5.47. The van der Waals surface area contributed by atoms with Gasteiger partial charge in [0, 0.05) is 22.0 Å². The molecule has 0 aliphatic heterocycles. The second kappa shape index (κ2) is 10.6. The van der Waals surface area contributed by atoms with Crippen molar-refractivity contribution in [3.8, 4) is 0 Å². The molecule has 0 radical (unpaired) electrons. The van der Waals surface area contributed by atoms with Crippen LogP contribution in [-0.4, -0.2) is 40.8 Å². The van der Waals surface area contributed by atoms with Crippen molar-refractivity contribution in [2.75, 3.05) is 18.2 Å². The Morgan fingerprint density at radius 1 is 1.24 bits per heavy atom. The molecule has 29 heavy (non-hydrogen) atoms. The summed E-state index contributed by atoms with van der Waals surface area (Å²) in [5.74, 6) is -0.419. The van der Waals surface area contributed by atoms with Crippen molar-refractivity contribution in [1.82, 2.24) is 9.88 Å². The fraction of sp³-hybridized carbons (Fsp3) is 0.476. The van der Waals surface area contributed by atoms with E-state index in [0.717, 1.165) is 41.3 Å². The number of nitrogens with one attached hydrogen (secondary N) is 1. The Bertz CT molecular complexity index is 817. The van der Waals surface area contributed by atoms with Gasteiger partial charge in [-0.25, -0.2) is 14.6 Å². The first-order chi connectivity index (χ1) is 14.1. The van der Waals surface area contributed by atoms with Crippen LogP contribution in [0.25, 0.3) is 0 Å². The predicted molar refractivity (Wildman–Crippen MR) is 118 cm³/mol. The van der Waals surface area contributed by atoms with Crippen LogP contribution in [0.2, 0.25) is 0 Å². The molecule has 1 heterocycles. The van der Waals surface area contributed by atoms with Crippen LogP contribution in [-0.2, 0) is 11.3 Å². The smallest absolute Gasteiger partial charge is 0.357 e. The van der Waals surface area contributed by atoms with E-state index >= 15 is 0 Å². The number of anilines is 1. The standard InChI is InChI=1S/C21H27N3O3S2/c1-3-27-20(25)18-14-29-19(23-18)13-24(16-7-5-4-6-8-16)21(26)22-15-9-11-17(28-2)12-10-15/h9-12,14,16H,3-8,13H2,1-2H3,(H,22,26). The number of thiazole rings is 1. The molecule has 1 aromatic heterocycles. The number of urea groups is 1. The number of carbonyl (C=O) groups excluding carboxylic acids is 2. The maximum Gasteiger partial charge on any atom is 0.357 e. The van der Waals surface area contributed by atoms with Gasteiger partial charge in [-0.05, 0) is 50.3 Å². The van der Waals surface area contributed by atoms with E-state index in [4.69, 9.17) is 4.74 Å². The van der Waals surface area contributed by atoms with Crippen LogP contribution in [0.15, 0.2) is 34.5 Å². The molecule has 156 valence electrons. The minimum absolute atomic E-state index is 0.123. The van der Waals surface area contributed by atoms with Crippen molar-refractivity contribution in [3.63, 3.8) is 0 Å². The lowest BCUT2D eigenvalue weighted by molar-refractivity contribution is 0.0520. The number of benzene rings is 1. The number of rotatable bonds is 7. The third kappa shape index (κ3) is 5.96. The molecule has 2 aromatic rings. The Kier molecular flexibility index (Phi) is 7.94. The van der Waals surface area contributed by atoms with Gasteiger partial charge in [-0.1, -0.05) is 19.3 Å². The van der Waals surface area contributed by atoms with Gasteiger partial charge in [0.1, 0.15) is 5.01 Å². The molecule has 1 aliphatic carbocycles. The summed E-state index contributed by atoms with van der Waals surface area (Å²) in [4.78, 5) is 32.4. The highest BCUT2D eigenvalue weighted by Gasteiger charge is 2.27. The summed E-state index contributed by atoms with van der Waals surface area (Å²) in [6, 6.07) is 7.90. The molecular formula is C21H27N3O3S2. The number of esters is 1. The van der Waals surface area contributed by atoms with E-state index < -0.39 is 5.97 Å². The van der Waals surface area contributed by atoms with Crippen molar-refractivity contribution >= 4 is 40.8 Å². The monoisotopic (exact) mass is 433 g/mol. The zero-order valence-corrected chi connectivity index (χ0v) is 18.5. The number of carbonyl (C=O) groups is 2. The molecule has 1 saturated carbocycles. The van der Waals surface area contributed by atoms with Crippen LogP contribution in [0, 0.1) is 0 Å². The van der Waals surface area contributed by atoms with Crippen molar-refractivity contribution < 1.29 is 14.3 Å². The van der Waals surface area contributed by atoms with E-state index in [9.17, 15) is 9.59 Å². The molecule has 6 nitrogen and oxygen atoms in total. The van der Waals surface area contributed by atoms with Crippen LogP contribution >= 0.6 is 23.1 Å². The van der Waals surface area contributed by atoms with Crippen molar-refractivity contribution in [3.05, 3.63) is 40.3 Å². The van der Waals surface area contributed by atoms with Crippen LogP contribution in [0.1, 0.15) is 54.5 Å². The molecule has 8 heteroatoms. The Morgan fingerprint density at radius 3 is 2.62 bits per heavy atom. The predicted octanol–water partition coefficient (Wildman–Crippen LogP) is 5.41. The van der Waals surface area contributed by atoms with Gasteiger partial charge in [-0.3, -0.25) is 0 Å². The van der Waals surface area contributed by atoms with E-state index in [1.807, 2.05) is 35.4 Å². The maximum absolute atomic E-state index is 13.1. The number of amides is 2. The lowest BCUT2D eigenvalue weighted by Gasteiger charge is -2.33. The minimum atomic E-state index is -0.419. The average Bonchev–Trinajstić information content (AvgIpc) is 3.22. The van der Waals surface area contributed by atoms with Crippen molar-refractivity contribution in [1.29, 1.82) is 0 Å². The number of hydrogen-bond donors (Lipinski definition) is 1. The first-order valence-electron chi connectivity index (χ1n) is 9.94. The molecular weight excluding hydrogens is 406 g/mol. The highest BCUT2D eigenvalue weighted by molar-refractivity contribution is 7.98. The van der Waals surface area contributed by atoms with E-state index in [0.29, 0.717) is 18.8 Å². The second-order valence-electron chi connectivity index (χ2n) is 6.93. The molecule has 0 atom stereocenters. The number of thioether (sulfide) groups is 1. The van der Waals surface area contributed by atoms with Gasteiger partial charge in [0.2, 0.25) is 0 Å². The largest absolute Gasteiger partial charge is 0.461 e. The van der Waals surface area contributed by atoms with Gasteiger partial charge in [0.05, 0.1) is 13.2 Å². The van der Waals surface area contributed by atoms with Crippen LogP contribution < -0.4 is 5.32 Å². The molecule has 1 fully saturated rings. The van der Waals surface area contributed by atoms with Crippen molar-refractivity contribution in [2.24, 2.45) is 0 Å². The fourth-order valence-corrected chi connectivity index (χ4v) is 4.63. The third-order valence-electron chi connectivity index (χ3n) is 4.96. The van der Waals surface area contributed by atoms with E-state index in [-0.39, 0.29) is 12.1 Å². The summed E-state index contributed by atoms with van der Waals surface area (Å²) >= 11 is 3.06. The molecule has 0 unspecified atom stereocenters.